The highest BCUT2D eigenvalue weighted by atomic mass is 79.9. The van der Waals surface area contributed by atoms with E-state index in [4.69, 9.17) is 4.42 Å². The standard InChI is InChI=1S/C22H22BrN3O4S/c1-15-9-10-16(2)21(11-15)26(31(28,29)19-7-5-4-6-8-19)14-22(27)25-24-13-18-12-20(23)17(3)30-18/h4-13H,14H2,1-3H3,(H,25,27)/b24-13-. The Balaban J connectivity index is 1.88. The van der Waals surface area contributed by atoms with Crippen LogP contribution in [0.2, 0.25) is 0 Å². The van der Waals surface area contributed by atoms with Crippen LogP contribution in [0.25, 0.3) is 0 Å². The van der Waals surface area contributed by atoms with Gasteiger partial charge in [0.05, 0.1) is 21.3 Å². The molecule has 1 N–H and O–H groups in total. The summed E-state index contributed by atoms with van der Waals surface area (Å²) in [6.45, 7) is 5.02. The normalized spacial score (nSPS) is 11.6. The van der Waals surface area contributed by atoms with Crippen molar-refractivity contribution in [3.63, 3.8) is 0 Å². The highest BCUT2D eigenvalue weighted by molar-refractivity contribution is 9.10. The molecule has 0 spiro atoms. The lowest BCUT2D eigenvalue weighted by Crippen LogP contribution is -2.40. The number of hydrazone groups is 1. The molecule has 0 atom stereocenters. The van der Waals surface area contributed by atoms with Gasteiger partial charge in [-0.05, 0) is 66.0 Å². The van der Waals surface area contributed by atoms with Crippen LogP contribution in [0.4, 0.5) is 5.69 Å². The number of anilines is 1. The van der Waals surface area contributed by atoms with Gasteiger partial charge in [-0.25, -0.2) is 13.8 Å². The SMILES string of the molecule is Cc1ccc(C)c(N(CC(=O)N/N=C\c2cc(Br)c(C)o2)S(=O)(=O)c2ccccc2)c1. The number of aryl methyl sites for hydroxylation is 3. The lowest BCUT2D eigenvalue weighted by Gasteiger charge is -2.25. The average molecular weight is 504 g/mol. The van der Waals surface area contributed by atoms with Crippen molar-refractivity contribution in [1.29, 1.82) is 0 Å². The summed E-state index contributed by atoms with van der Waals surface area (Å²) >= 11 is 3.34. The molecule has 0 aliphatic rings. The van der Waals surface area contributed by atoms with Gasteiger partial charge < -0.3 is 4.42 Å². The van der Waals surface area contributed by atoms with Gasteiger partial charge in [-0.1, -0.05) is 30.3 Å². The van der Waals surface area contributed by atoms with Crippen LogP contribution in [-0.2, 0) is 14.8 Å². The second-order valence-electron chi connectivity index (χ2n) is 6.96. The van der Waals surface area contributed by atoms with E-state index in [0.29, 0.717) is 17.2 Å². The number of rotatable bonds is 7. The van der Waals surface area contributed by atoms with Crippen LogP contribution in [0.1, 0.15) is 22.6 Å². The predicted octanol–water partition coefficient (Wildman–Crippen LogP) is 4.31. The number of benzene rings is 2. The first kappa shape index (κ1) is 22.8. The number of nitrogens with zero attached hydrogens (tertiary/aromatic N) is 2. The van der Waals surface area contributed by atoms with E-state index >= 15 is 0 Å². The molecule has 0 saturated carbocycles. The molecule has 162 valence electrons. The fraction of sp³-hybridized carbons (Fsp3) is 0.182. The molecule has 3 rings (SSSR count). The molecule has 0 saturated heterocycles. The van der Waals surface area contributed by atoms with Gasteiger partial charge in [0.25, 0.3) is 15.9 Å². The number of furan rings is 1. The molecule has 7 nitrogen and oxygen atoms in total. The van der Waals surface area contributed by atoms with Crippen molar-refractivity contribution in [2.24, 2.45) is 5.10 Å². The molecule has 31 heavy (non-hydrogen) atoms. The zero-order chi connectivity index (χ0) is 22.6. The molecule has 0 bridgehead atoms. The molecule has 0 fully saturated rings. The second kappa shape index (κ2) is 9.49. The quantitative estimate of drug-likeness (QED) is 0.384. The Labute approximate surface area is 189 Å². The van der Waals surface area contributed by atoms with Crippen LogP contribution in [-0.4, -0.2) is 27.1 Å². The number of sulfonamides is 1. The molecule has 0 unspecified atom stereocenters. The predicted molar refractivity (Wildman–Crippen MR) is 124 cm³/mol. The number of amides is 1. The van der Waals surface area contributed by atoms with E-state index in [2.05, 4.69) is 26.5 Å². The van der Waals surface area contributed by atoms with E-state index in [1.807, 2.05) is 19.1 Å². The molecule has 2 aromatic carbocycles. The zero-order valence-corrected chi connectivity index (χ0v) is 19.7. The Hall–Kier alpha value is -2.91. The highest BCUT2D eigenvalue weighted by Gasteiger charge is 2.28. The Morgan fingerprint density at radius 2 is 1.84 bits per heavy atom. The summed E-state index contributed by atoms with van der Waals surface area (Å²) in [5.41, 5.74) is 4.42. The third kappa shape index (κ3) is 5.42. The van der Waals surface area contributed by atoms with E-state index in [1.54, 1.807) is 44.2 Å². The molecule has 0 aliphatic heterocycles. The third-order valence-corrected chi connectivity index (χ3v) is 7.07. The summed E-state index contributed by atoms with van der Waals surface area (Å²) in [6, 6.07) is 15.2. The number of hydrogen-bond donors (Lipinski definition) is 1. The molecule has 1 aromatic heterocycles. The number of halogens is 1. The monoisotopic (exact) mass is 503 g/mol. The van der Waals surface area contributed by atoms with Crippen molar-refractivity contribution in [3.8, 4) is 0 Å². The smallest absolute Gasteiger partial charge is 0.264 e. The third-order valence-electron chi connectivity index (χ3n) is 4.51. The van der Waals surface area contributed by atoms with Gasteiger partial charge in [-0.3, -0.25) is 9.10 Å². The van der Waals surface area contributed by atoms with E-state index in [-0.39, 0.29) is 4.90 Å². The van der Waals surface area contributed by atoms with Crippen molar-refractivity contribution in [2.45, 2.75) is 25.7 Å². The number of nitrogens with one attached hydrogen (secondary N) is 1. The highest BCUT2D eigenvalue weighted by Crippen LogP contribution is 2.27. The molecule has 3 aromatic rings. The topological polar surface area (TPSA) is 92.0 Å². The van der Waals surface area contributed by atoms with Gasteiger partial charge in [-0.15, -0.1) is 0 Å². The second-order valence-corrected chi connectivity index (χ2v) is 9.68. The van der Waals surface area contributed by atoms with Gasteiger partial charge in [0.1, 0.15) is 18.1 Å². The summed E-state index contributed by atoms with van der Waals surface area (Å²) in [4.78, 5) is 12.7. The van der Waals surface area contributed by atoms with Crippen LogP contribution in [0.3, 0.4) is 0 Å². The van der Waals surface area contributed by atoms with E-state index in [9.17, 15) is 13.2 Å². The minimum absolute atomic E-state index is 0.100. The van der Waals surface area contributed by atoms with Crippen LogP contribution >= 0.6 is 15.9 Å². The molecule has 0 aliphatic carbocycles. The van der Waals surface area contributed by atoms with Crippen molar-refractivity contribution in [1.82, 2.24) is 5.43 Å². The Kier molecular flexibility index (Phi) is 6.97. The van der Waals surface area contributed by atoms with E-state index < -0.39 is 22.5 Å². The van der Waals surface area contributed by atoms with E-state index in [1.165, 1.54) is 18.3 Å². The van der Waals surface area contributed by atoms with Crippen molar-refractivity contribution in [3.05, 3.63) is 81.7 Å². The van der Waals surface area contributed by atoms with Gasteiger partial charge in [-0.2, -0.15) is 5.10 Å². The maximum Gasteiger partial charge on any atom is 0.264 e. The number of hydrogen-bond acceptors (Lipinski definition) is 5. The maximum absolute atomic E-state index is 13.4. The van der Waals surface area contributed by atoms with Crippen LogP contribution in [0.15, 0.2) is 73.5 Å². The summed E-state index contributed by atoms with van der Waals surface area (Å²) in [5.74, 6) is 0.551. The molecular formula is C22H22BrN3O4S. The fourth-order valence-corrected chi connectivity index (χ4v) is 4.69. The largest absolute Gasteiger partial charge is 0.459 e. The van der Waals surface area contributed by atoms with E-state index in [0.717, 1.165) is 19.9 Å². The molecule has 1 heterocycles. The van der Waals surface area contributed by atoms with Crippen molar-refractivity contribution >= 4 is 43.8 Å². The van der Waals surface area contributed by atoms with Gasteiger partial charge in [0.15, 0.2) is 0 Å². The maximum atomic E-state index is 13.4. The summed E-state index contributed by atoms with van der Waals surface area (Å²) in [5, 5.41) is 3.88. The molecule has 1 amide bonds. The minimum Gasteiger partial charge on any atom is -0.459 e. The summed E-state index contributed by atoms with van der Waals surface area (Å²) in [7, 11) is -3.97. The van der Waals surface area contributed by atoms with Crippen molar-refractivity contribution < 1.29 is 17.6 Å². The van der Waals surface area contributed by atoms with Gasteiger partial charge in [0.2, 0.25) is 0 Å². The zero-order valence-electron chi connectivity index (χ0n) is 17.3. The van der Waals surface area contributed by atoms with Gasteiger partial charge in [0, 0.05) is 6.07 Å². The van der Waals surface area contributed by atoms with Crippen LogP contribution in [0, 0.1) is 20.8 Å². The molecule has 9 heteroatoms. The first-order valence-electron chi connectivity index (χ1n) is 9.41. The van der Waals surface area contributed by atoms with Gasteiger partial charge >= 0.3 is 0 Å². The fourth-order valence-electron chi connectivity index (χ4n) is 2.89. The minimum atomic E-state index is -3.97. The Morgan fingerprint density at radius 1 is 1.13 bits per heavy atom. The Morgan fingerprint density at radius 3 is 2.48 bits per heavy atom. The first-order chi connectivity index (χ1) is 14.7. The lowest BCUT2D eigenvalue weighted by molar-refractivity contribution is -0.119. The van der Waals surface area contributed by atoms with Crippen molar-refractivity contribution in [2.75, 3.05) is 10.8 Å². The summed E-state index contributed by atoms with van der Waals surface area (Å²) in [6.07, 6.45) is 1.35. The average Bonchev–Trinajstić information content (AvgIpc) is 3.06. The lowest BCUT2D eigenvalue weighted by atomic mass is 10.1. The molecule has 0 radical (unpaired) electrons. The summed E-state index contributed by atoms with van der Waals surface area (Å²) < 4.78 is 34.0. The van der Waals surface area contributed by atoms with Crippen LogP contribution in [0.5, 0.6) is 0 Å². The number of carbonyl (C=O) groups is 1. The first-order valence-corrected chi connectivity index (χ1v) is 11.6. The van der Waals surface area contributed by atoms with Crippen LogP contribution < -0.4 is 9.73 Å². The Bertz CT molecular complexity index is 1200. The number of carbonyl (C=O) groups excluding carboxylic acids is 1. The molecular weight excluding hydrogens is 482 g/mol.